The van der Waals surface area contributed by atoms with Crippen molar-refractivity contribution in [2.45, 2.75) is 19.9 Å². The van der Waals surface area contributed by atoms with Crippen molar-refractivity contribution in [3.8, 4) is 11.8 Å². The highest BCUT2D eigenvalue weighted by Gasteiger charge is 2.05. The van der Waals surface area contributed by atoms with Crippen LogP contribution in [0.4, 0.5) is 0 Å². The maximum Gasteiger partial charge on any atom is 0.261 e. The third kappa shape index (κ3) is 4.02. The van der Waals surface area contributed by atoms with E-state index in [0.29, 0.717) is 23.9 Å². The van der Waals surface area contributed by atoms with E-state index in [4.69, 9.17) is 0 Å². The fraction of sp³-hybridized carbons (Fsp3) is 0.120. The topological polar surface area (TPSA) is 34.9 Å². The first-order valence-corrected chi connectivity index (χ1v) is 9.26. The maximum absolute atomic E-state index is 12.9. The third-order valence-electron chi connectivity index (χ3n) is 4.67. The van der Waals surface area contributed by atoms with Crippen molar-refractivity contribution in [2.24, 2.45) is 0 Å². The molecule has 0 radical (unpaired) electrons. The normalized spacial score (nSPS) is 10.5. The van der Waals surface area contributed by atoms with Crippen LogP contribution in [0.2, 0.25) is 0 Å². The van der Waals surface area contributed by atoms with E-state index in [-0.39, 0.29) is 5.56 Å². The Hall–Kier alpha value is -3.64. The Morgan fingerprint density at radius 3 is 2.50 bits per heavy atom. The number of hydrogen-bond acceptors (Lipinski definition) is 2. The number of nitrogens with zero attached hydrogens (tertiary/aromatic N) is 2. The Kier molecular flexibility index (Phi) is 5.03. The predicted octanol–water partition coefficient (Wildman–Crippen LogP) is 4.35. The largest absolute Gasteiger partial charge is 0.294 e. The predicted molar refractivity (Wildman–Crippen MR) is 113 cm³/mol. The minimum Gasteiger partial charge on any atom is -0.294 e. The molecule has 0 unspecified atom stereocenters. The highest BCUT2D eigenvalue weighted by atomic mass is 16.1. The average Bonchev–Trinajstić information content (AvgIpc) is 2.73. The van der Waals surface area contributed by atoms with Gasteiger partial charge in [0.05, 0.1) is 23.8 Å². The summed E-state index contributed by atoms with van der Waals surface area (Å²) in [4.78, 5) is 17.4. The van der Waals surface area contributed by atoms with E-state index in [1.54, 1.807) is 10.9 Å². The summed E-state index contributed by atoms with van der Waals surface area (Å²) < 4.78 is 1.65. The smallest absolute Gasteiger partial charge is 0.261 e. The number of hydrogen-bond donors (Lipinski definition) is 0. The van der Waals surface area contributed by atoms with Gasteiger partial charge in [-0.3, -0.25) is 9.36 Å². The molecule has 1 heterocycles. The van der Waals surface area contributed by atoms with E-state index in [1.165, 1.54) is 11.1 Å². The first-order valence-electron chi connectivity index (χ1n) is 9.26. The average molecular weight is 364 g/mol. The van der Waals surface area contributed by atoms with Gasteiger partial charge in [0, 0.05) is 12.0 Å². The van der Waals surface area contributed by atoms with Gasteiger partial charge in [-0.2, -0.15) is 0 Å². The van der Waals surface area contributed by atoms with E-state index in [0.717, 1.165) is 11.1 Å². The fourth-order valence-corrected chi connectivity index (χ4v) is 3.08. The maximum atomic E-state index is 12.9. The molecule has 4 rings (SSSR count). The molecule has 3 heteroatoms. The van der Waals surface area contributed by atoms with Crippen molar-refractivity contribution in [3.63, 3.8) is 0 Å². The van der Waals surface area contributed by atoms with Crippen molar-refractivity contribution >= 4 is 10.9 Å². The summed E-state index contributed by atoms with van der Waals surface area (Å²) in [5, 5.41) is 0.598. The summed E-state index contributed by atoms with van der Waals surface area (Å²) in [7, 11) is 0. The number of rotatable bonds is 3. The molecule has 0 fully saturated rings. The molecule has 3 aromatic carbocycles. The van der Waals surface area contributed by atoms with Gasteiger partial charge in [-0.15, -0.1) is 0 Å². The summed E-state index contributed by atoms with van der Waals surface area (Å²) in [5.41, 5.74) is 4.93. The second kappa shape index (κ2) is 7.94. The highest BCUT2D eigenvalue weighted by Crippen LogP contribution is 2.11. The Balaban J connectivity index is 1.62. The standard InChI is InChI=1S/C25H20N2O/c1-19-10-12-22(13-11-19)17-27-18-26-24-15-14-21(16-23(24)25(27)28)9-5-8-20-6-3-2-4-7-20/h2-4,6-7,10-16,18H,8,17H2,1H3. The minimum atomic E-state index is -0.0442. The number of aromatic nitrogens is 2. The fourth-order valence-electron chi connectivity index (χ4n) is 3.08. The molecule has 0 aliphatic carbocycles. The summed E-state index contributed by atoms with van der Waals surface area (Å²) >= 11 is 0. The SMILES string of the molecule is Cc1ccc(Cn2cnc3ccc(C#CCc4ccccc4)cc3c2=O)cc1. The number of fused-ring (bicyclic) bond motifs is 1. The van der Waals surface area contributed by atoms with E-state index in [2.05, 4.69) is 41.1 Å². The van der Waals surface area contributed by atoms with Crippen LogP contribution in [0.1, 0.15) is 22.3 Å². The Morgan fingerprint density at radius 2 is 1.71 bits per heavy atom. The molecule has 0 atom stereocenters. The summed E-state index contributed by atoms with van der Waals surface area (Å²) in [6, 6.07) is 23.9. The highest BCUT2D eigenvalue weighted by molar-refractivity contribution is 5.79. The lowest BCUT2D eigenvalue weighted by atomic mass is 10.1. The molecular weight excluding hydrogens is 344 g/mol. The molecule has 0 aliphatic heterocycles. The van der Waals surface area contributed by atoms with E-state index >= 15 is 0 Å². The minimum absolute atomic E-state index is 0.0442. The van der Waals surface area contributed by atoms with Crippen LogP contribution in [-0.4, -0.2) is 9.55 Å². The van der Waals surface area contributed by atoms with Crippen molar-refractivity contribution < 1.29 is 0 Å². The zero-order chi connectivity index (χ0) is 19.3. The van der Waals surface area contributed by atoms with E-state index in [1.807, 2.05) is 55.5 Å². The zero-order valence-electron chi connectivity index (χ0n) is 15.7. The van der Waals surface area contributed by atoms with Gasteiger partial charge in [0.2, 0.25) is 0 Å². The molecule has 0 N–H and O–H groups in total. The van der Waals surface area contributed by atoms with Crippen LogP contribution in [0.15, 0.2) is 83.9 Å². The summed E-state index contributed by atoms with van der Waals surface area (Å²) in [6.07, 6.45) is 2.30. The van der Waals surface area contributed by atoms with Gasteiger partial charge in [-0.05, 0) is 36.2 Å². The number of aryl methyl sites for hydroxylation is 1. The van der Waals surface area contributed by atoms with Crippen LogP contribution in [0.25, 0.3) is 10.9 Å². The van der Waals surface area contributed by atoms with E-state index in [9.17, 15) is 4.79 Å². The molecule has 1 aromatic heterocycles. The van der Waals surface area contributed by atoms with Gasteiger partial charge in [-0.25, -0.2) is 4.98 Å². The first-order chi connectivity index (χ1) is 13.7. The lowest BCUT2D eigenvalue weighted by molar-refractivity contribution is 0.748. The van der Waals surface area contributed by atoms with Crippen molar-refractivity contribution in [2.75, 3.05) is 0 Å². The van der Waals surface area contributed by atoms with Gasteiger partial charge in [-0.1, -0.05) is 72.0 Å². The third-order valence-corrected chi connectivity index (χ3v) is 4.67. The van der Waals surface area contributed by atoms with Gasteiger partial charge in [0.25, 0.3) is 5.56 Å². The zero-order valence-corrected chi connectivity index (χ0v) is 15.7. The molecule has 136 valence electrons. The monoisotopic (exact) mass is 364 g/mol. The van der Waals surface area contributed by atoms with Crippen LogP contribution in [0, 0.1) is 18.8 Å². The first kappa shape index (κ1) is 17.8. The molecule has 0 spiro atoms. The van der Waals surface area contributed by atoms with Gasteiger partial charge < -0.3 is 0 Å². The Labute approximate surface area is 164 Å². The van der Waals surface area contributed by atoms with Crippen LogP contribution in [0.3, 0.4) is 0 Å². The van der Waals surface area contributed by atoms with Crippen molar-refractivity contribution in [1.82, 2.24) is 9.55 Å². The van der Waals surface area contributed by atoms with Crippen molar-refractivity contribution in [3.05, 3.63) is 112 Å². The van der Waals surface area contributed by atoms with Gasteiger partial charge in [0.15, 0.2) is 0 Å². The molecule has 28 heavy (non-hydrogen) atoms. The van der Waals surface area contributed by atoms with Crippen LogP contribution < -0.4 is 5.56 Å². The molecule has 0 amide bonds. The summed E-state index contributed by atoms with van der Waals surface area (Å²) in [5.74, 6) is 6.34. The van der Waals surface area contributed by atoms with Gasteiger partial charge >= 0.3 is 0 Å². The molecule has 3 nitrogen and oxygen atoms in total. The number of benzene rings is 3. The van der Waals surface area contributed by atoms with E-state index < -0.39 is 0 Å². The molecule has 0 bridgehead atoms. The van der Waals surface area contributed by atoms with Crippen LogP contribution in [-0.2, 0) is 13.0 Å². The van der Waals surface area contributed by atoms with Crippen molar-refractivity contribution in [1.29, 1.82) is 0 Å². The van der Waals surface area contributed by atoms with Crippen LogP contribution in [0.5, 0.6) is 0 Å². The molecule has 0 saturated carbocycles. The lowest BCUT2D eigenvalue weighted by Crippen LogP contribution is -2.21. The molecular formula is C25H20N2O. The molecule has 4 aromatic rings. The van der Waals surface area contributed by atoms with Crippen LogP contribution >= 0.6 is 0 Å². The quantitative estimate of drug-likeness (QED) is 0.507. The second-order valence-electron chi connectivity index (χ2n) is 6.86. The Morgan fingerprint density at radius 1 is 0.929 bits per heavy atom. The second-order valence-corrected chi connectivity index (χ2v) is 6.86. The lowest BCUT2D eigenvalue weighted by Gasteiger charge is -2.07. The van der Waals surface area contributed by atoms with Gasteiger partial charge in [0.1, 0.15) is 0 Å². The Bertz CT molecular complexity index is 1230. The summed E-state index contributed by atoms with van der Waals surface area (Å²) in [6.45, 7) is 2.56. The molecule has 0 aliphatic rings. The molecule has 0 saturated heterocycles.